The quantitative estimate of drug-likeness (QED) is 0.656. The Labute approximate surface area is 141 Å². The van der Waals surface area contributed by atoms with Crippen molar-refractivity contribution < 1.29 is 27.4 Å². The van der Waals surface area contributed by atoms with Crippen LogP contribution in [0, 0.1) is 0 Å². The lowest BCUT2D eigenvalue weighted by molar-refractivity contribution is -0.137. The fourth-order valence-corrected chi connectivity index (χ4v) is 2.12. The number of anilines is 1. The van der Waals surface area contributed by atoms with Crippen molar-refractivity contribution in [2.75, 3.05) is 18.8 Å². The number of nitrogens with one attached hydrogen (secondary N) is 1. The topological polar surface area (TPSA) is 65.0 Å². The summed E-state index contributed by atoms with van der Waals surface area (Å²) in [5.41, 5.74) is 2.38. The smallest absolute Gasteiger partial charge is 0.417 e. The summed E-state index contributed by atoms with van der Waals surface area (Å²) in [5, 5.41) is 3.98. The van der Waals surface area contributed by atoms with Crippen LogP contribution < -0.4 is 19.6 Å². The molecule has 0 bridgehead atoms. The van der Waals surface area contributed by atoms with Gasteiger partial charge >= 0.3 is 6.18 Å². The third kappa shape index (κ3) is 3.93. The zero-order valence-electron chi connectivity index (χ0n) is 13.1. The first-order chi connectivity index (χ1) is 12.0. The Morgan fingerprint density at radius 1 is 1.28 bits per heavy atom. The number of nitrogens with zero attached hydrogens (tertiary/aromatic N) is 2. The van der Waals surface area contributed by atoms with Gasteiger partial charge in [0.1, 0.15) is 11.6 Å². The van der Waals surface area contributed by atoms with Crippen molar-refractivity contribution in [2.24, 2.45) is 5.10 Å². The molecule has 0 fully saturated rings. The van der Waals surface area contributed by atoms with Crippen molar-refractivity contribution in [1.29, 1.82) is 0 Å². The standard InChI is InChI=1S/C16H14F3N3O3/c1-2-23-12-6-14-13(24-9-25-14)5-10(12)7-21-22-15-4-3-11(8-20-15)16(17,18)19/h3-8H,2,9H2,1H3,(H,20,22)/b21-7-. The summed E-state index contributed by atoms with van der Waals surface area (Å²) in [6.07, 6.45) is -2.22. The minimum absolute atomic E-state index is 0.134. The molecule has 1 aliphatic heterocycles. The maximum Gasteiger partial charge on any atom is 0.417 e. The molecule has 0 unspecified atom stereocenters. The van der Waals surface area contributed by atoms with Crippen molar-refractivity contribution in [3.05, 3.63) is 41.6 Å². The van der Waals surface area contributed by atoms with Crippen LogP contribution in [0.4, 0.5) is 19.0 Å². The van der Waals surface area contributed by atoms with E-state index in [2.05, 4.69) is 15.5 Å². The second kappa shape index (κ2) is 6.88. The van der Waals surface area contributed by atoms with E-state index in [0.29, 0.717) is 29.4 Å². The Hall–Kier alpha value is -2.97. The Balaban J connectivity index is 1.73. The predicted molar refractivity (Wildman–Crippen MR) is 84.2 cm³/mol. The van der Waals surface area contributed by atoms with E-state index in [1.165, 1.54) is 12.3 Å². The van der Waals surface area contributed by atoms with E-state index in [1.54, 1.807) is 12.1 Å². The normalized spacial score (nSPS) is 13.3. The lowest BCUT2D eigenvalue weighted by Gasteiger charge is -2.08. The Morgan fingerprint density at radius 3 is 2.68 bits per heavy atom. The molecule has 1 aliphatic rings. The molecule has 6 nitrogen and oxygen atoms in total. The van der Waals surface area contributed by atoms with Crippen molar-refractivity contribution >= 4 is 12.0 Å². The first-order valence-electron chi connectivity index (χ1n) is 7.36. The van der Waals surface area contributed by atoms with E-state index in [4.69, 9.17) is 14.2 Å². The third-order valence-corrected chi connectivity index (χ3v) is 3.28. The second-order valence-electron chi connectivity index (χ2n) is 4.98. The van der Waals surface area contributed by atoms with Crippen molar-refractivity contribution in [1.82, 2.24) is 4.98 Å². The number of ether oxygens (including phenoxy) is 3. The van der Waals surface area contributed by atoms with Gasteiger partial charge in [-0.1, -0.05) is 0 Å². The van der Waals surface area contributed by atoms with Crippen molar-refractivity contribution in [2.45, 2.75) is 13.1 Å². The van der Waals surface area contributed by atoms with E-state index in [9.17, 15) is 13.2 Å². The number of pyridine rings is 1. The molecule has 0 spiro atoms. The fourth-order valence-electron chi connectivity index (χ4n) is 2.12. The van der Waals surface area contributed by atoms with Gasteiger partial charge in [0.15, 0.2) is 11.5 Å². The third-order valence-electron chi connectivity index (χ3n) is 3.28. The van der Waals surface area contributed by atoms with E-state index in [-0.39, 0.29) is 12.6 Å². The zero-order valence-corrected chi connectivity index (χ0v) is 13.1. The molecule has 1 N–H and O–H groups in total. The van der Waals surface area contributed by atoms with E-state index < -0.39 is 11.7 Å². The van der Waals surface area contributed by atoms with Crippen LogP contribution in [0.3, 0.4) is 0 Å². The van der Waals surface area contributed by atoms with Crippen LogP contribution in [0.25, 0.3) is 0 Å². The highest BCUT2D eigenvalue weighted by molar-refractivity contribution is 5.85. The summed E-state index contributed by atoms with van der Waals surface area (Å²) in [5.74, 6) is 1.89. The fraction of sp³-hybridized carbons (Fsp3) is 0.250. The summed E-state index contributed by atoms with van der Waals surface area (Å²) >= 11 is 0. The molecule has 2 heterocycles. The maximum absolute atomic E-state index is 12.5. The number of alkyl halides is 3. The van der Waals surface area contributed by atoms with Gasteiger partial charge in [-0.05, 0) is 25.1 Å². The van der Waals surface area contributed by atoms with Gasteiger partial charge in [-0.25, -0.2) is 4.98 Å². The van der Waals surface area contributed by atoms with Gasteiger partial charge in [-0.3, -0.25) is 5.43 Å². The predicted octanol–water partition coefficient (Wildman–Crippen LogP) is 3.67. The average Bonchev–Trinajstić information content (AvgIpc) is 3.02. The lowest BCUT2D eigenvalue weighted by Crippen LogP contribution is -2.05. The molecule has 3 rings (SSSR count). The Morgan fingerprint density at radius 2 is 2.04 bits per heavy atom. The number of rotatable bonds is 5. The minimum Gasteiger partial charge on any atom is -0.493 e. The number of halogens is 3. The summed E-state index contributed by atoms with van der Waals surface area (Å²) in [6, 6.07) is 5.53. The molecule has 1 aromatic carbocycles. The summed E-state index contributed by atoms with van der Waals surface area (Å²) in [6.45, 7) is 2.43. The van der Waals surface area contributed by atoms with Crippen LogP contribution in [0.1, 0.15) is 18.1 Å². The molecule has 0 aliphatic carbocycles. The van der Waals surface area contributed by atoms with Gasteiger partial charge in [-0.2, -0.15) is 18.3 Å². The van der Waals surface area contributed by atoms with Crippen molar-refractivity contribution in [3.63, 3.8) is 0 Å². The number of hydrogen-bond donors (Lipinski definition) is 1. The number of hydrogen-bond acceptors (Lipinski definition) is 6. The molecule has 0 atom stereocenters. The first kappa shape index (κ1) is 16.9. The second-order valence-corrected chi connectivity index (χ2v) is 4.98. The van der Waals surface area contributed by atoms with E-state index >= 15 is 0 Å². The van der Waals surface area contributed by atoms with Crippen molar-refractivity contribution in [3.8, 4) is 17.2 Å². The summed E-state index contributed by atoms with van der Waals surface area (Å²) in [4.78, 5) is 3.67. The molecular weight excluding hydrogens is 339 g/mol. The average molecular weight is 353 g/mol. The van der Waals surface area contributed by atoms with Gasteiger partial charge < -0.3 is 14.2 Å². The number of benzene rings is 1. The zero-order chi connectivity index (χ0) is 17.9. The summed E-state index contributed by atoms with van der Waals surface area (Å²) in [7, 11) is 0. The van der Waals surface area contributed by atoms with Gasteiger partial charge in [0.05, 0.1) is 18.4 Å². The maximum atomic E-state index is 12.5. The van der Waals surface area contributed by atoms with E-state index in [0.717, 1.165) is 12.3 Å². The van der Waals surface area contributed by atoms with Gasteiger partial charge in [-0.15, -0.1) is 0 Å². The monoisotopic (exact) mass is 353 g/mol. The SMILES string of the molecule is CCOc1cc2c(cc1/C=N\Nc1ccc(C(F)(F)F)cn1)OCO2. The van der Waals surface area contributed by atoms with Gasteiger partial charge in [0.2, 0.25) is 6.79 Å². The summed E-state index contributed by atoms with van der Waals surface area (Å²) < 4.78 is 53.6. The molecule has 25 heavy (non-hydrogen) atoms. The van der Waals surface area contributed by atoms with Crippen LogP contribution in [-0.4, -0.2) is 24.6 Å². The molecule has 1 aromatic heterocycles. The molecule has 0 saturated carbocycles. The van der Waals surface area contributed by atoms with Gasteiger partial charge in [0.25, 0.3) is 0 Å². The number of fused-ring (bicyclic) bond motifs is 1. The highest BCUT2D eigenvalue weighted by atomic mass is 19.4. The Bertz CT molecular complexity index is 777. The van der Waals surface area contributed by atoms with Crippen LogP contribution in [0.5, 0.6) is 17.2 Å². The molecule has 0 amide bonds. The Kier molecular flexibility index (Phi) is 4.64. The molecule has 9 heteroatoms. The van der Waals surface area contributed by atoms with Crippen LogP contribution in [0.2, 0.25) is 0 Å². The molecular formula is C16H14F3N3O3. The molecule has 2 aromatic rings. The van der Waals surface area contributed by atoms with Crippen LogP contribution in [-0.2, 0) is 6.18 Å². The van der Waals surface area contributed by atoms with Crippen LogP contribution >= 0.6 is 0 Å². The molecule has 0 radical (unpaired) electrons. The van der Waals surface area contributed by atoms with Crippen LogP contribution in [0.15, 0.2) is 35.6 Å². The number of hydrazone groups is 1. The van der Waals surface area contributed by atoms with E-state index in [1.807, 2.05) is 6.92 Å². The number of aromatic nitrogens is 1. The van der Waals surface area contributed by atoms with Gasteiger partial charge in [0, 0.05) is 17.8 Å². The first-order valence-corrected chi connectivity index (χ1v) is 7.36. The molecule has 0 saturated heterocycles. The minimum atomic E-state index is -4.42. The highest BCUT2D eigenvalue weighted by Gasteiger charge is 2.30. The highest BCUT2D eigenvalue weighted by Crippen LogP contribution is 2.37. The lowest BCUT2D eigenvalue weighted by atomic mass is 10.2. The molecule has 132 valence electrons. The largest absolute Gasteiger partial charge is 0.493 e.